The second kappa shape index (κ2) is 10.7. The lowest BCUT2D eigenvalue weighted by molar-refractivity contribution is 0.0644. The van der Waals surface area contributed by atoms with Crippen molar-refractivity contribution < 1.29 is 4.79 Å². The van der Waals surface area contributed by atoms with Gasteiger partial charge in [-0.15, -0.1) is 0 Å². The number of benzene rings is 1. The number of amides is 1. The molecule has 1 amide bonds. The van der Waals surface area contributed by atoms with Crippen molar-refractivity contribution in [2.24, 2.45) is 0 Å². The number of nitrogens with one attached hydrogen (secondary N) is 1. The summed E-state index contributed by atoms with van der Waals surface area (Å²) in [4.78, 5) is 27.7. The monoisotopic (exact) mass is 394 g/mol. The van der Waals surface area contributed by atoms with Crippen LogP contribution < -0.4 is 5.32 Å². The molecule has 154 valence electrons. The second-order valence-electron chi connectivity index (χ2n) is 7.40. The molecule has 1 fully saturated rings. The molecule has 0 spiro atoms. The Morgan fingerprint density at radius 2 is 1.90 bits per heavy atom. The highest BCUT2D eigenvalue weighted by Crippen LogP contribution is 2.09. The molecule has 2 aromatic rings. The fraction of sp³-hybridized carbons (Fsp3) is 0.409. The molecule has 1 aliphatic heterocycles. The van der Waals surface area contributed by atoms with Crippen LogP contribution in [0.5, 0.6) is 0 Å². The summed E-state index contributed by atoms with van der Waals surface area (Å²) in [6.07, 6.45) is 5.97. The first-order chi connectivity index (χ1) is 14.1. The van der Waals surface area contributed by atoms with Gasteiger partial charge >= 0.3 is 0 Å². The lowest BCUT2D eigenvalue weighted by atomic mass is 10.2. The van der Waals surface area contributed by atoms with Crippen LogP contribution in [0.1, 0.15) is 16.1 Å². The highest BCUT2D eigenvalue weighted by molar-refractivity contribution is 5.92. The molecule has 7 nitrogen and oxygen atoms in total. The molecule has 0 radical (unpaired) electrons. The molecule has 1 aromatic carbocycles. The summed E-state index contributed by atoms with van der Waals surface area (Å²) in [6, 6.07) is 12.0. The SMILES string of the molecule is CN(C)CCNc1nccc(C(=O)N2CCN(C/C=C/c3ccccc3)CC2)n1. The number of rotatable bonds is 8. The number of hydrogen-bond donors (Lipinski definition) is 1. The van der Waals surface area contributed by atoms with Gasteiger partial charge in [0.15, 0.2) is 0 Å². The maximum Gasteiger partial charge on any atom is 0.272 e. The Kier molecular flexibility index (Phi) is 7.72. The molecule has 0 aliphatic carbocycles. The summed E-state index contributed by atoms with van der Waals surface area (Å²) in [5.74, 6) is 0.477. The number of carbonyl (C=O) groups is 1. The maximum atomic E-state index is 12.8. The van der Waals surface area contributed by atoms with E-state index in [4.69, 9.17) is 0 Å². The summed E-state index contributed by atoms with van der Waals surface area (Å²) < 4.78 is 0. The summed E-state index contributed by atoms with van der Waals surface area (Å²) >= 11 is 0. The molecule has 2 heterocycles. The Balaban J connectivity index is 1.46. The average molecular weight is 395 g/mol. The van der Waals surface area contributed by atoms with Crippen molar-refractivity contribution in [2.45, 2.75) is 0 Å². The zero-order valence-corrected chi connectivity index (χ0v) is 17.3. The molecule has 0 saturated carbocycles. The van der Waals surface area contributed by atoms with Gasteiger partial charge < -0.3 is 15.1 Å². The van der Waals surface area contributed by atoms with Gasteiger partial charge in [-0.2, -0.15) is 0 Å². The van der Waals surface area contributed by atoms with E-state index < -0.39 is 0 Å². The molecule has 3 rings (SSSR count). The first-order valence-corrected chi connectivity index (χ1v) is 10.1. The molecule has 1 saturated heterocycles. The van der Waals surface area contributed by atoms with Crippen LogP contribution >= 0.6 is 0 Å². The second-order valence-corrected chi connectivity index (χ2v) is 7.40. The zero-order valence-electron chi connectivity index (χ0n) is 17.3. The lowest BCUT2D eigenvalue weighted by Crippen LogP contribution is -2.48. The van der Waals surface area contributed by atoms with E-state index in [9.17, 15) is 4.79 Å². The molecule has 0 unspecified atom stereocenters. The summed E-state index contributed by atoms with van der Waals surface area (Å²) in [5.41, 5.74) is 1.66. The predicted octanol–water partition coefficient (Wildman–Crippen LogP) is 1.92. The zero-order chi connectivity index (χ0) is 20.5. The first-order valence-electron chi connectivity index (χ1n) is 10.1. The van der Waals surface area contributed by atoms with Crippen LogP contribution in [0, 0.1) is 0 Å². The van der Waals surface area contributed by atoms with Crippen LogP contribution in [0.2, 0.25) is 0 Å². The smallest absolute Gasteiger partial charge is 0.272 e. The lowest BCUT2D eigenvalue weighted by Gasteiger charge is -2.34. The topological polar surface area (TPSA) is 64.6 Å². The maximum absolute atomic E-state index is 12.8. The highest BCUT2D eigenvalue weighted by Gasteiger charge is 2.22. The van der Waals surface area contributed by atoms with Crippen molar-refractivity contribution in [3.05, 3.63) is 59.9 Å². The molecule has 1 aromatic heterocycles. The van der Waals surface area contributed by atoms with Crippen LogP contribution in [-0.4, -0.2) is 90.5 Å². The quantitative estimate of drug-likeness (QED) is 0.738. The highest BCUT2D eigenvalue weighted by atomic mass is 16.2. The van der Waals surface area contributed by atoms with Gasteiger partial charge in [0.05, 0.1) is 0 Å². The number of anilines is 1. The number of nitrogens with zero attached hydrogens (tertiary/aromatic N) is 5. The molecule has 1 aliphatic rings. The van der Waals surface area contributed by atoms with Crippen molar-refractivity contribution in [3.8, 4) is 0 Å². The number of carbonyl (C=O) groups excluding carboxylic acids is 1. The van der Waals surface area contributed by atoms with Crippen molar-refractivity contribution in [2.75, 3.05) is 65.2 Å². The normalized spacial score (nSPS) is 15.2. The van der Waals surface area contributed by atoms with Gasteiger partial charge in [0.25, 0.3) is 5.91 Å². The number of aromatic nitrogens is 2. The predicted molar refractivity (Wildman–Crippen MR) is 117 cm³/mol. The number of piperazine rings is 1. The van der Waals surface area contributed by atoms with Gasteiger partial charge in [-0.1, -0.05) is 42.5 Å². The fourth-order valence-electron chi connectivity index (χ4n) is 3.15. The minimum atomic E-state index is -0.0254. The van der Waals surface area contributed by atoms with Crippen molar-refractivity contribution in [1.29, 1.82) is 0 Å². The standard InChI is InChI=1S/C22H30N6O/c1-26(2)14-12-24-22-23-11-10-20(25-22)21(29)28-17-15-27(16-18-28)13-6-9-19-7-4-3-5-8-19/h3-11H,12-18H2,1-2H3,(H,23,24,25)/b9-6+. The molecule has 1 N–H and O–H groups in total. The molecule has 7 heteroatoms. The number of likely N-dealkylation sites (N-methyl/N-ethyl adjacent to an activating group) is 1. The van der Waals surface area contributed by atoms with Crippen molar-refractivity contribution >= 4 is 17.9 Å². The van der Waals surface area contributed by atoms with Crippen molar-refractivity contribution in [1.82, 2.24) is 24.7 Å². The van der Waals surface area contributed by atoms with E-state index in [0.717, 1.165) is 32.7 Å². The summed E-state index contributed by atoms with van der Waals surface area (Å²) in [5, 5.41) is 3.17. The van der Waals surface area contributed by atoms with Gasteiger partial charge in [-0.05, 0) is 25.7 Å². The molecule has 0 atom stereocenters. The van der Waals surface area contributed by atoms with E-state index in [1.807, 2.05) is 37.2 Å². The summed E-state index contributed by atoms with van der Waals surface area (Å²) in [6.45, 7) is 5.66. The first kappa shape index (κ1) is 21.0. The van der Waals surface area contributed by atoms with Crippen LogP contribution in [0.4, 0.5) is 5.95 Å². The van der Waals surface area contributed by atoms with E-state index in [0.29, 0.717) is 24.7 Å². The third-order valence-corrected chi connectivity index (χ3v) is 4.85. The van der Waals surface area contributed by atoms with Gasteiger partial charge in [-0.25, -0.2) is 9.97 Å². The Bertz CT molecular complexity index is 800. The molecule has 0 bridgehead atoms. The third kappa shape index (κ3) is 6.66. The van der Waals surface area contributed by atoms with E-state index in [2.05, 4.69) is 49.4 Å². The fourth-order valence-corrected chi connectivity index (χ4v) is 3.15. The van der Waals surface area contributed by atoms with E-state index >= 15 is 0 Å². The summed E-state index contributed by atoms with van der Waals surface area (Å²) in [7, 11) is 4.03. The van der Waals surface area contributed by atoms with Crippen LogP contribution in [0.25, 0.3) is 6.08 Å². The Hall–Kier alpha value is -2.77. The van der Waals surface area contributed by atoms with Crippen LogP contribution in [-0.2, 0) is 0 Å². The molecular weight excluding hydrogens is 364 g/mol. The Morgan fingerprint density at radius 1 is 1.14 bits per heavy atom. The van der Waals surface area contributed by atoms with Crippen LogP contribution in [0.15, 0.2) is 48.7 Å². The van der Waals surface area contributed by atoms with E-state index in [1.165, 1.54) is 5.56 Å². The van der Waals surface area contributed by atoms with Crippen LogP contribution in [0.3, 0.4) is 0 Å². The minimum Gasteiger partial charge on any atom is -0.353 e. The minimum absolute atomic E-state index is 0.0254. The molecule has 29 heavy (non-hydrogen) atoms. The largest absolute Gasteiger partial charge is 0.353 e. The van der Waals surface area contributed by atoms with Gasteiger partial charge in [0, 0.05) is 52.0 Å². The van der Waals surface area contributed by atoms with Gasteiger partial charge in [0.1, 0.15) is 5.69 Å². The van der Waals surface area contributed by atoms with Gasteiger partial charge in [-0.3, -0.25) is 9.69 Å². The van der Waals surface area contributed by atoms with Crippen molar-refractivity contribution in [3.63, 3.8) is 0 Å². The van der Waals surface area contributed by atoms with E-state index in [-0.39, 0.29) is 5.91 Å². The average Bonchev–Trinajstić information content (AvgIpc) is 2.74. The van der Waals surface area contributed by atoms with E-state index in [1.54, 1.807) is 12.3 Å². The Morgan fingerprint density at radius 3 is 2.62 bits per heavy atom. The Labute approximate surface area is 173 Å². The number of hydrogen-bond acceptors (Lipinski definition) is 6. The third-order valence-electron chi connectivity index (χ3n) is 4.85. The van der Waals surface area contributed by atoms with Gasteiger partial charge in [0.2, 0.25) is 5.95 Å². The molecular formula is C22H30N6O.